The first-order valence-electron chi connectivity index (χ1n) is 10.2. The van der Waals surface area contributed by atoms with Crippen LogP contribution in [0.1, 0.15) is 49.4 Å². The highest BCUT2D eigenvalue weighted by Crippen LogP contribution is 2.38. The van der Waals surface area contributed by atoms with E-state index >= 15 is 0 Å². The first-order valence-corrected chi connectivity index (χ1v) is 10.2. The van der Waals surface area contributed by atoms with Gasteiger partial charge < -0.3 is 9.26 Å². The highest BCUT2D eigenvalue weighted by Gasteiger charge is 2.30. The van der Waals surface area contributed by atoms with E-state index in [1.807, 2.05) is 0 Å². The Hall–Kier alpha value is -1.76. The molecule has 1 aliphatic heterocycles. The van der Waals surface area contributed by atoms with Crippen molar-refractivity contribution in [1.82, 2.24) is 19.9 Å². The van der Waals surface area contributed by atoms with E-state index in [0.29, 0.717) is 5.92 Å². The molecule has 1 saturated carbocycles. The number of aromatic nitrogens is 2. The molecule has 2 heterocycles. The molecule has 1 aliphatic carbocycles. The molecule has 0 bridgehead atoms. The standard InChI is InChI=1S/C21H30N4O2/c1-2-24(16-20-22-21(27-23-20)18-9-10-18)14-19-15-25(11-6-12-26-19)13-17-7-4-3-5-8-17/h3-5,7-8,18-19H,2,6,9-16H2,1H3. The van der Waals surface area contributed by atoms with Crippen molar-refractivity contribution in [2.24, 2.45) is 0 Å². The van der Waals surface area contributed by atoms with E-state index < -0.39 is 0 Å². The molecule has 0 amide bonds. The highest BCUT2D eigenvalue weighted by atomic mass is 16.5. The Bertz CT molecular complexity index is 701. The van der Waals surface area contributed by atoms with Crippen LogP contribution in [0.3, 0.4) is 0 Å². The van der Waals surface area contributed by atoms with Gasteiger partial charge in [-0.3, -0.25) is 9.80 Å². The van der Waals surface area contributed by atoms with Gasteiger partial charge in [-0.25, -0.2) is 0 Å². The maximum absolute atomic E-state index is 6.15. The van der Waals surface area contributed by atoms with Gasteiger partial charge in [0.25, 0.3) is 0 Å². The highest BCUT2D eigenvalue weighted by molar-refractivity contribution is 5.14. The summed E-state index contributed by atoms with van der Waals surface area (Å²) in [6.07, 6.45) is 3.68. The van der Waals surface area contributed by atoms with Crippen molar-refractivity contribution in [3.05, 3.63) is 47.6 Å². The summed E-state index contributed by atoms with van der Waals surface area (Å²) in [5.74, 6) is 2.13. The van der Waals surface area contributed by atoms with Crippen molar-refractivity contribution in [2.45, 2.75) is 51.3 Å². The molecule has 1 saturated heterocycles. The number of nitrogens with zero attached hydrogens (tertiary/aromatic N) is 4. The van der Waals surface area contributed by atoms with Gasteiger partial charge >= 0.3 is 0 Å². The molecule has 27 heavy (non-hydrogen) atoms. The van der Waals surface area contributed by atoms with Crippen molar-refractivity contribution in [3.63, 3.8) is 0 Å². The van der Waals surface area contributed by atoms with Gasteiger partial charge in [-0.1, -0.05) is 42.4 Å². The van der Waals surface area contributed by atoms with Crippen LogP contribution in [-0.4, -0.2) is 58.8 Å². The van der Waals surface area contributed by atoms with E-state index in [4.69, 9.17) is 9.26 Å². The van der Waals surface area contributed by atoms with Crippen LogP contribution >= 0.6 is 0 Å². The van der Waals surface area contributed by atoms with E-state index in [9.17, 15) is 0 Å². The third kappa shape index (κ3) is 5.37. The van der Waals surface area contributed by atoms with Crippen molar-refractivity contribution in [3.8, 4) is 0 Å². The Morgan fingerprint density at radius 1 is 1.22 bits per heavy atom. The molecule has 146 valence electrons. The summed E-state index contributed by atoms with van der Waals surface area (Å²) in [5, 5.41) is 4.17. The molecular weight excluding hydrogens is 340 g/mol. The largest absolute Gasteiger partial charge is 0.376 e. The number of hydrogen-bond donors (Lipinski definition) is 0. The predicted molar refractivity (Wildman–Crippen MR) is 103 cm³/mol. The van der Waals surface area contributed by atoms with Crippen molar-refractivity contribution >= 4 is 0 Å². The second-order valence-corrected chi connectivity index (χ2v) is 7.72. The van der Waals surface area contributed by atoms with Crippen LogP contribution in [0.2, 0.25) is 0 Å². The zero-order valence-electron chi connectivity index (χ0n) is 16.2. The number of ether oxygens (including phenoxy) is 1. The molecule has 0 radical (unpaired) electrons. The minimum absolute atomic E-state index is 0.214. The molecule has 6 heteroatoms. The van der Waals surface area contributed by atoms with Crippen LogP contribution in [0.4, 0.5) is 0 Å². The van der Waals surface area contributed by atoms with E-state index in [0.717, 1.165) is 64.0 Å². The van der Waals surface area contributed by atoms with Gasteiger partial charge in [0.05, 0.1) is 12.6 Å². The van der Waals surface area contributed by atoms with Gasteiger partial charge in [-0.05, 0) is 31.4 Å². The maximum atomic E-state index is 6.15. The summed E-state index contributed by atoms with van der Waals surface area (Å²) in [6, 6.07) is 10.7. The third-order valence-electron chi connectivity index (χ3n) is 5.37. The van der Waals surface area contributed by atoms with Crippen molar-refractivity contribution < 1.29 is 9.26 Å². The Kier molecular flexibility index (Phi) is 6.17. The predicted octanol–water partition coefficient (Wildman–Crippen LogP) is 3.06. The monoisotopic (exact) mass is 370 g/mol. The Morgan fingerprint density at radius 2 is 2.07 bits per heavy atom. The lowest BCUT2D eigenvalue weighted by atomic mass is 10.2. The van der Waals surface area contributed by atoms with Crippen LogP contribution in [0.15, 0.2) is 34.9 Å². The molecule has 1 atom stereocenters. The fourth-order valence-electron chi connectivity index (χ4n) is 3.69. The number of rotatable bonds is 8. The number of benzene rings is 1. The van der Waals surface area contributed by atoms with Crippen molar-refractivity contribution in [2.75, 3.05) is 32.8 Å². The zero-order valence-corrected chi connectivity index (χ0v) is 16.2. The Balaban J connectivity index is 1.32. The Morgan fingerprint density at radius 3 is 2.85 bits per heavy atom. The lowest BCUT2D eigenvalue weighted by molar-refractivity contribution is 0.0244. The smallest absolute Gasteiger partial charge is 0.229 e. The molecule has 1 unspecified atom stereocenters. The first-order chi connectivity index (χ1) is 13.3. The van der Waals surface area contributed by atoms with Gasteiger partial charge in [0.15, 0.2) is 5.82 Å². The summed E-state index contributed by atoms with van der Waals surface area (Å²) in [4.78, 5) is 9.45. The molecular formula is C21H30N4O2. The average molecular weight is 370 g/mol. The minimum Gasteiger partial charge on any atom is -0.376 e. The van der Waals surface area contributed by atoms with Gasteiger partial charge in [0.1, 0.15) is 0 Å². The Labute approximate surface area is 161 Å². The van der Waals surface area contributed by atoms with Gasteiger partial charge in [0.2, 0.25) is 5.89 Å². The van der Waals surface area contributed by atoms with E-state index in [-0.39, 0.29) is 6.10 Å². The first kappa shape index (κ1) is 18.6. The fraction of sp³-hybridized carbons (Fsp3) is 0.619. The molecule has 2 aliphatic rings. The van der Waals surface area contributed by atoms with Crippen LogP contribution in [0, 0.1) is 0 Å². The zero-order chi connectivity index (χ0) is 18.5. The molecule has 2 aromatic rings. The van der Waals surface area contributed by atoms with Gasteiger partial charge in [0, 0.05) is 38.7 Å². The molecule has 2 fully saturated rings. The lowest BCUT2D eigenvalue weighted by Gasteiger charge is -2.28. The summed E-state index contributed by atoms with van der Waals surface area (Å²) in [6.45, 7) is 8.63. The van der Waals surface area contributed by atoms with Crippen LogP contribution < -0.4 is 0 Å². The molecule has 0 N–H and O–H groups in total. The molecule has 6 nitrogen and oxygen atoms in total. The number of hydrogen-bond acceptors (Lipinski definition) is 6. The summed E-state index contributed by atoms with van der Waals surface area (Å²) < 4.78 is 11.5. The molecule has 1 aromatic heterocycles. The van der Waals surface area contributed by atoms with Gasteiger partial charge in [-0.15, -0.1) is 0 Å². The van der Waals surface area contributed by atoms with Gasteiger partial charge in [-0.2, -0.15) is 4.98 Å². The quantitative estimate of drug-likeness (QED) is 0.712. The minimum atomic E-state index is 0.214. The fourth-order valence-corrected chi connectivity index (χ4v) is 3.69. The second kappa shape index (κ2) is 8.95. The molecule has 0 spiro atoms. The van der Waals surface area contributed by atoms with E-state index in [1.54, 1.807) is 0 Å². The number of likely N-dealkylation sites (N-methyl/N-ethyl adjacent to an activating group) is 1. The SMILES string of the molecule is CCN(Cc1noc(C2CC2)n1)CC1CN(Cc2ccccc2)CCCO1. The average Bonchev–Trinajstić information content (AvgIpc) is 3.47. The van der Waals surface area contributed by atoms with E-state index in [2.05, 4.69) is 57.2 Å². The second-order valence-electron chi connectivity index (χ2n) is 7.72. The summed E-state index contributed by atoms with van der Waals surface area (Å²) in [5.41, 5.74) is 1.37. The maximum Gasteiger partial charge on any atom is 0.229 e. The topological polar surface area (TPSA) is 54.6 Å². The van der Waals surface area contributed by atoms with Crippen molar-refractivity contribution in [1.29, 1.82) is 0 Å². The molecule has 1 aromatic carbocycles. The van der Waals surface area contributed by atoms with Crippen LogP contribution in [0.5, 0.6) is 0 Å². The third-order valence-corrected chi connectivity index (χ3v) is 5.37. The van der Waals surface area contributed by atoms with Crippen LogP contribution in [-0.2, 0) is 17.8 Å². The lowest BCUT2D eigenvalue weighted by Crippen LogP contribution is -2.40. The summed E-state index contributed by atoms with van der Waals surface area (Å²) >= 11 is 0. The molecule has 4 rings (SSSR count). The normalized spacial score (nSPS) is 21.5. The van der Waals surface area contributed by atoms with E-state index in [1.165, 1.54) is 18.4 Å². The summed E-state index contributed by atoms with van der Waals surface area (Å²) in [7, 11) is 0. The van der Waals surface area contributed by atoms with Crippen LogP contribution in [0.25, 0.3) is 0 Å².